The second-order valence-corrected chi connectivity index (χ2v) is 8.59. The van der Waals surface area contributed by atoms with E-state index in [2.05, 4.69) is 15.6 Å². The second-order valence-electron chi connectivity index (χ2n) is 8.59. The number of benzene rings is 1. The molecule has 35 heavy (non-hydrogen) atoms. The van der Waals surface area contributed by atoms with Crippen molar-refractivity contribution in [3.8, 4) is 0 Å². The third-order valence-electron chi connectivity index (χ3n) is 6.01. The zero-order valence-corrected chi connectivity index (χ0v) is 19.2. The van der Waals surface area contributed by atoms with Gasteiger partial charge in [-0.2, -0.15) is 0 Å². The van der Waals surface area contributed by atoms with Gasteiger partial charge in [0.2, 0.25) is 17.7 Å². The van der Waals surface area contributed by atoms with E-state index in [9.17, 15) is 29.1 Å². The number of carbonyl (C=O) groups is 5. The fourth-order valence-corrected chi connectivity index (χ4v) is 4.20. The number of amides is 3. The summed E-state index contributed by atoms with van der Waals surface area (Å²) in [5.41, 5.74) is 7.21. The molecule has 0 radical (unpaired) electrons. The summed E-state index contributed by atoms with van der Waals surface area (Å²) in [7, 11) is 0. The molecule has 2 aromatic rings. The molecule has 7 N–H and O–H groups in total. The zero-order valence-electron chi connectivity index (χ0n) is 19.2. The summed E-state index contributed by atoms with van der Waals surface area (Å²) in [5.74, 6) is -4.41. The van der Waals surface area contributed by atoms with Gasteiger partial charge in [0, 0.05) is 30.1 Å². The van der Waals surface area contributed by atoms with Gasteiger partial charge in [-0.3, -0.25) is 19.2 Å². The van der Waals surface area contributed by atoms with E-state index in [1.54, 1.807) is 6.20 Å². The minimum atomic E-state index is -1.37. The second kappa shape index (κ2) is 11.0. The number of carbonyl (C=O) groups excluding carboxylic acids is 3. The number of likely N-dealkylation sites (tertiary alicyclic amines) is 1. The highest BCUT2D eigenvalue weighted by molar-refractivity contribution is 5.95. The van der Waals surface area contributed by atoms with E-state index in [0.29, 0.717) is 12.8 Å². The molecule has 1 saturated heterocycles. The van der Waals surface area contributed by atoms with Crippen LogP contribution in [-0.2, 0) is 30.4 Å². The monoisotopic (exact) mass is 487 g/mol. The van der Waals surface area contributed by atoms with Gasteiger partial charge >= 0.3 is 11.9 Å². The Morgan fingerprint density at radius 1 is 1.14 bits per heavy atom. The van der Waals surface area contributed by atoms with Crippen molar-refractivity contribution in [2.75, 3.05) is 6.54 Å². The third kappa shape index (κ3) is 6.15. The van der Waals surface area contributed by atoms with E-state index >= 15 is 0 Å². The number of fused-ring (bicyclic) bond motifs is 1. The Balaban J connectivity index is 1.77. The minimum Gasteiger partial charge on any atom is -0.481 e. The average molecular weight is 488 g/mol. The Bertz CT molecular complexity index is 1130. The number of hydrogen-bond acceptors (Lipinski definition) is 6. The topological polar surface area (TPSA) is 195 Å². The molecular formula is C23H29N5O7. The van der Waals surface area contributed by atoms with Crippen molar-refractivity contribution in [3.63, 3.8) is 0 Å². The van der Waals surface area contributed by atoms with Gasteiger partial charge in [0.25, 0.3) is 0 Å². The fraction of sp³-hybridized carbons (Fsp3) is 0.435. The highest BCUT2D eigenvalue weighted by atomic mass is 16.4. The first kappa shape index (κ1) is 25.7. The summed E-state index contributed by atoms with van der Waals surface area (Å²) in [4.78, 5) is 65.2. The summed E-state index contributed by atoms with van der Waals surface area (Å²) in [6.45, 7) is 1.72. The number of aromatic amines is 1. The highest BCUT2D eigenvalue weighted by Crippen LogP contribution is 2.20. The lowest BCUT2D eigenvalue weighted by atomic mass is 10.0. The highest BCUT2D eigenvalue weighted by Gasteiger charge is 2.37. The number of carboxylic acids is 2. The van der Waals surface area contributed by atoms with E-state index < -0.39 is 60.2 Å². The van der Waals surface area contributed by atoms with Gasteiger partial charge < -0.3 is 36.5 Å². The molecule has 1 fully saturated rings. The molecule has 0 spiro atoms. The van der Waals surface area contributed by atoms with Crippen LogP contribution in [0.5, 0.6) is 0 Å². The van der Waals surface area contributed by atoms with Gasteiger partial charge in [0.05, 0.1) is 12.5 Å². The van der Waals surface area contributed by atoms with Crippen LogP contribution in [0, 0.1) is 0 Å². The maximum atomic E-state index is 13.2. The predicted molar refractivity (Wildman–Crippen MR) is 124 cm³/mol. The number of rotatable bonds is 10. The normalized spacial score (nSPS) is 18.0. The summed E-state index contributed by atoms with van der Waals surface area (Å²) in [6.07, 6.45) is 2.01. The fourth-order valence-electron chi connectivity index (χ4n) is 4.20. The number of carboxylic acid groups (broad SMARTS) is 2. The Hall–Kier alpha value is -3.93. The summed E-state index contributed by atoms with van der Waals surface area (Å²) >= 11 is 0. The van der Waals surface area contributed by atoms with Crippen LogP contribution in [0.25, 0.3) is 10.9 Å². The lowest BCUT2D eigenvalue weighted by Gasteiger charge is -2.27. The lowest BCUT2D eigenvalue weighted by molar-refractivity contribution is -0.149. The van der Waals surface area contributed by atoms with Crippen molar-refractivity contribution in [3.05, 3.63) is 36.0 Å². The summed E-state index contributed by atoms with van der Waals surface area (Å²) in [5, 5.41) is 24.1. The first-order chi connectivity index (χ1) is 16.6. The molecule has 1 aromatic carbocycles. The molecule has 0 bridgehead atoms. The van der Waals surface area contributed by atoms with Gasteiger partial charge in [-0.05, 0) is 31.4 Å². The van der Waals surface area contributed by atoms with Crippen molar-refractivity contribution in [2.45, 2.75) is 56.8 Å². The number of aromatic nitrogens is 1. The van der Waals surface area contributed by atoms with Gasteiger partial charge in [0.15, 0.2) is 0 Å². The first-order valence-electron chi connectivity index (χ1n) is 11.2. The van der Waals surface area contributed by atoms with Crippen LogP contribution in [0.1, 0.15) is 31.7 Å². The molecule has 12 nitrogen and oxygen atoms in total. The maximum Gasteiger partial charge on any atom is 0.326 e. The molecule has 3 rings (SSSR count). The minimum absolute atomic E-state index is 0.0454. The molecule has 188 valence electrons. The van der Waals surface area contributed by atoms with Crippen molar-refractivity contribution in [1.82, 2.24) is 20.5 Å². The number of H-pyrrole nitrogens is 1. The van der Waals surface area contributed by atoms with Crippen LogP contribution in [0.3, 0.4) is 0 Å². The Morgan fingerprint density at radius 3 is 2.54 bits per heavy atom. The molecule has 2 heterocycles. The Morgan fingerprint density at radius 2 is 1.86 bits per heavy atom. The molecule has 0 saturated carbocycles. The van der Waals surface area contributed by atoms with Gasteiger partial charge in [0.1, 0.15) is 18.1 Å². The van der Waals surface area contributed by atoms with Crippen LogP contribution in [0.2, 0.25) is 0 Å². The first-order valence-corrected chi connectivity index (χ1v) is 11.2. The summed E-state index contributed by atoms with van der Waals surface area (Å²) in [6, 6.07) is 2.85. The predicted octanol–water partition coefficient (Wildman–Crippen LogP) is -0.422. The molecular weight excluding hydrogens is 458 g/mol. The van der Waals surface area contributed by atoms with E-state index in [0.717, 1.165) is 16.5 Å². The quantitative estimate of drug-likeness (QED) is 0.260. The van der Waals surface area contributed by atoms with Crippen molar-refractivity contribution in [2.24, 2.45) is 5.73 Å². The molecule has 1 aliphatic heterocycles. The van der Waals surface area contributed by atoms with Gasteiger partial charge in [-0.1, -0.05) is 18.2 Å². The standard InChI is InChI=1S/C23H29N5O7/c1-12(22(33)28-8-4-7-18(28)23(34)35)26-21(32)17(27-20(31)15(24)10-19(29)30)9-13-11-25-16-6-3-2-5-14(13)16/h2-3,5-6,11-12,15,17-18,25H,4,7-10,24H2,1H3,(H,26,32)(H,27,31)(H,29,30)(H,34,35). The van der Waals surface area contributed by atoms with Gasteiger partial charge in [-0.15, -0.1) is 0 Å². The largest absolute Gasteiger partial charge is 0.481 e. The van der Waals surface area contributed by atoms with Crippen LogP contribution >= 0.6 is 0 Å². The average Bonchev–Trinajstić information content (AvgIpc) is 3.45. The molecule has 1 aromatic heterocycles. The number of para-hydroxylation sites is 1. The Labute approximate surface area is 200 Å². The van der Waals surface area contributed by atoms with E-state index in [-0.39, 0.29) is 13.0 Å². The SMILES string of the molecule is CC(NC(=O)C(Cc1c[nH]c2ccccc12)NC(=O)C(N)CC(=O)O)C(=O)N1CCCC1C(=O)O. The molecule has 4 atom stereocenters. The molecule has 1 aliphatic rings. The molecule has 0 aliphatic carbocycles. The van der Waals surface area contributed by atoms with E-state index in [1.165, 1.54) is 11.8 Å². The number of aliphatic carboxylic acids is 2. The van der Waals surface area contributed by atoms with Crippen LogP contribution < -0.4 is 16.4 Å². The van der Waals surface area contributed by atoms with Crippen molar-refractivity contribution >= 4 is 40.6 Å². The Kier molecular flexibility index (Phi) is 8.07. The molecule has 4 unspecified atom stereocenters. The molecule has 12 heteroatoms. The molecule has 3 amide bonds. The van der Waals surface area contributed by atoms with Crippen LogP contribution in [0.15, 0.2) is 30.5 Å². The number of nitrogens with zero attached hydrogens (tertiary/aromatic N) is 1. The number of hydrogen-bond donors (Lipinski definition) is 6. The van der Waals surface area contributed by atoms with Crippen molar-refractivity contribution < 1.29 is 34.2 Å². The maximum absolute atomic E-state index is 13.2. The van der Waals surface area contributed by atoms with Crippen LogP contribution in [0.4, 0.5) is 0 Å². The number of nitrogens with one attached hydrogen (secondary N) is 3. The lowest BCUT2D eigenvalue weighted by Crippen LogP contribution is -2.57. The van der Waals surface area contributed by atoms with Crippen molar-refractivity contribution in [1.29, 1.82) is 0 Å². The smallest absolute Gasteiger partial charge is 0.326 e. The number of nitrogens with two attached hydrogens (primary N) is 1. The zero-order chi connectivity index (χ0) is 25.7. The van der Waals surface area contributed by atoms with E-state index in [1.807, 2.05) is 24.3 Å². The summed E-state index contributed by atoms with van der Waals surface area (Å²) < 4.78 is 0. The van der Waals surface area contributed by atoms with Crippen LogP contribution in [-0.4, -0.2) is 80.5 Å². The third-order valence-corrected chi connectivity index (χ3v) is 6.01. The van der Waals surface area contributed by atoms with Gasteiger partial charge in [-0.25, -0.2) is 4.79 Å². The van der Waals surface area contributed by atoms with E-state index in [4.69, 9.17) is 10.8 Å².